The summed E-state index contributed by atoms with van der Waals surface area (Å²) in [4.78, 5) is 16.8. The van der Waals surface area contributed by atoms with E-state index in [1.54, 1.807) is 43.5 Å². The molecular formula is C21H21N3O3S. The third-order valence-electron chi connectivity index (χ3n) is 4.29. The summed E-state index contributed by atoms with van der Waals surface area (Å²) < 4.78 is 28.2. The fourth-order valence-corrected chi connectivity index (χ4v) is 3.99. The quantitative estimate of drug-likeness (QED) is 0.682. The maximum absolute atomic E-state index is 12.8. The van der Waals surface area contributed by atoms with Gasteiger partial charge in [-0.1, -0.05) is 29.8 Å². The van der Waals surface area contributed by atoms with Gasteiger partial charge >= 0.3 is 0 Å². The van der Waals surface area contributed by atoms with Crippen LogP contribution in [-0.4, -0.2) is 19.3 Å². The summed E-state index contributed by atoms with van der Waals surface area (Å²) in [5.74, 6) is 0.0175. The van der Waals surface area contributed by atoms with Crippen LogP contribution in [0.5, 0.6) is 0 Å². The van der Waals surface area contributed by atoms with Crippen LogP contribution < -0.4 is 10.0 Å². The molecule has 0 saturated heterocycles. The van der Waals surface area contributed by atoms with Gasteiger partial charge in [0, 0.05) is 17.4 Å². The van der Waals surface area contributed by atoms with Gasteiger partial charge in [0.1, 0.15) is 5.82 Å². The van der Waals surface area contributed by atoms with E-state index in [0.717, 1.165) is 11.1 Å². The second-order valence-corrected chi connectivity index (χ2v) is 8.23. The summed E-state index contributed by atoms with van der Waals surface area (Å²) >= 11 is 0. The molecule has 0 radical (unpaired) electrons. The van der Waals surface area contributed by atoms with Gasteiger partial charge < -0.3 is 5.32 Å². The molecule has 0 saturated carbocycles. The molecule has 1 amide bonds. The molecule has 0 aliphatic heterocycles. The van der Waals surface area contributed by atoms with E-state index in [0.29, 0.717) is 17.1 Å². The number of hydrogen-bond donors (Lipinski definition) is 2. The number of hydrogen-bond acceptors (Lipinski definition) is 4. The Hall–Kier alpha value is -3.19. The predicted molar refractivity (Wildman–Crippen MR) is 110 cm³/mol. The van der Waals surface area contributed by atoms with Crippen LogP contribution in [0, 0.1) is 20.8 Å². The van der Waals surface area contributed by atoms with Crippen molar-refractivity contribution in [1.29, 1.82) is 0 Å². The van der Waals surface area contributed by atoms with E-state index in [1.807, 2.05) is 32.0 Å². The van der Waals surface area contributed by atoms with Gasteiger partial charge in [0.25, 0.3) is 15.9 Å². The maximum Gasteiger partial charge on any atom is 0.262 e. The minimum Gasteiger partial charge on any atom is -0.306 e. The molecule has 144 valence electrons. The molecule has 3 aromatic rings. The van der Waals surface area contributed by atoms with Crippen molar-refractivity contribution in [2.75, 3.05) is 10.0 Å². The zero-order valence-electron chi connectivity index (χ0n) is 15.9. The van der Waals surface area contributed by atoms with Gasteiger partial charge in [0.15, 0.2) is 0 Å². The molecule has 6 nitrogen and oxygen atoms in total. The molecule has 0 bridgehead atoms. The Balaban J connectivity index is 1.89. The van der Waals surface area contributed by atoms with Gasteiger partial charge in [-0.15, -0.1) is 0 Å². The molecule has 7 heteroatoms. The van der Waals surface area contributed by atoms with E-state index in [2.05, 4.69) is 15.0 Å². The number of carbonyl (C=O) groups is 1. The van der Waals surface area contributed by atoms with Crippen molar-refractivity contribution in [1.82, 2.24) is 4.98 Å². The number of rotatable bonds is 5. The number of aromatic nitrogens is 1. The second kappa shape index (κ2) is 7.82. The van der Waals surface area contributed by atoms with Crippen molar-refractivity contribution < 1.29 is 13.2 Å². The van der Waals surface area contributed by atoms with Crippen LogP contribution in [0.4, 0.5) is 11.5 Å². The zero-order chi connectivity index (χ0) is 20.3. The highest BCUT2D eigenvalue weighted by atomic mass is 32.2. The van der Waals surface area contributed by atoms with Crippen LogP contribution in [-0.2, 0) is 10.0 Å². The molecule has 0 atom stereocenters. The summed E-state index contributed by atoms with van der Waals surface area (Å²) in [6.45, 7) is 5.45. The number of benzene rings is 2. The lowest BCUT2D eigenvalue weighted by atomic mass is 10.1. The van der Waals surface area contributed by atoms with Crippen molar-refractivity contribution in [3.05, 3.63) is 83.0 Å². The predicted octanol–water partition coefficient (Wildman–Crippen LogP) is 4.06. The smallest absolute Gasteiger partial charge is 0.262 e. The molecule has 0 fully saturated rings. The number of amides is 1. The Morgan fingerprint density at radius 1 is 0.929 bits per heavy atom. The average Bonchev–Trinajstić information content (AvgIpc) is 2.65. The van der Waals surface area contributed by atoms with Crippen molar-refractivity contribution in [2.24, 2.45) is 0 Å². The highest BCUT2D eigenvalue weighted by molar-refractivity contribution is 7.92. The van der Waals surface area contributed by atoms with Crippen molar-refractivity contribution in [3.63, 3.8) is 0 Å². The summed E-state index contributed by atoms with van der Waals surface area (Å²) in [6.07, 6.45) is 1.58. The van der Waals surface area contributed by atoms with E-state index >= 15 is 0 Å². The minimum absolute atomic E-state index is 0.0541. The summed E-state index contributed by atoms with van der Waals surface area (Å²) in [5, 5.41) is 2.72. The summed E-state index contributed by atoms with van der Waals surface area (Å²) in [7, 11) is -3.84. The maximum atomic E-state index is 12.8. The molecule has 3 rings (SSSR count). The van der Waals surface area contributed by atoms with Gasteiger partial charge in [-0.05, 0) is 62.2 Å². The van der Waals surface area contributed by atoms with E-state index in [4.69, 9.17) is 0 Å². The lowest BCUT2D eigenvalue weighted by Gasteiger charge is -2.13. The first-order valence-electron chi connectivity index (χ1n) is 8.69. The second-order valence-electron chi connectivity index (χ2n) is 6.57. The van der Waals surface area contributed by atoms with Crippen LogP contribution in [0.25, 0.3) is 0 Å². The van der Waals surface area contributed by atoms with E-state index in [-0.39, 0.29) is 10.5 Å². The Morgan fingerprint density at radius 3 is 2.32 bits per heavy atom. The third-order valence-corrected chi connectivity index (χ3v) is 5.81. The highest BCUT2D eigenvalue weighted by Crippen LogP contribution is 2.22. The Morgan fingerprint density at radius 2 is 1.64 bits per heavy atom. The highest BCUT2D eigenvalue weighted by Gasteiger charge is 2.20. The number of pyridine rings is 1. The number of anilines is 2. The Bertz CT molecular complexity index is 1120. The van der Waals surface area contributed by atoms with E-state index in [9.17, 15) is 13.2 Å². The monoisotopic (exact) mass is 395 g/mol. The van der Waals surface area contributed by atoms with Gasteiger partial charge in [-0.2, -0.15) is 0 Å². The van der Waals surface area contributed by atoms with Crippen LogP contribution >= 0.6 is 0 Å². The van der Waals surface area contributed by atoms with E-state index in [1.165, 1.54) is 6.07 Å². The molecule has 1 aromatic heterocycles. The van der Waals surface area contributed by atoms with Crippen LogP contribution in [0.1, 0.15) is 27.0 Å². The SMILES string of the molecule is Cc1ccc(NS(=O)(=O)c2cc(C(=O)Nc3ncccc3C)ccc2C)cc1. The van der Waals surface area contributed by atoms with E-state index < -0.39 is 15.9 Å². The molecular weight excluding hydrogens is 374 g/mol. The molecule has 0 aliphatic rings. The molecule has 1 heterocycles. The van der Waals surface area contributed by atoms with Crippen molar-refractivity contribution in [2.45, 2.75) is 25.7 Å². The number of nitrogens with zero attached hydrogens (tertiary/aromatic N) is 1. The summed E-state index contributed by atoms with van der Waals surface area (Å²) in [5.41, 5.74) is 3.09. The summed E-state index contributed by atoms with van der Waals surface area (Å²) in [6, 6.07) is 15.2. The zero-order valence-corrected chi connectivity index (χ0v) is 16.7. The lowest BCUT2D eigenvalue weighted by molar-refractivity contribution is 0.102. The first-order valence-corrected chi connectivity index (χ1v) is 10.2. The Labute approximate surface area is 164 Å². The molecule has 2 N–H and O–H groups in total. The molecule has 0 aliphatic carbocycles. The minimum atomic E-state index is -3.84. The first-order chi connectivity index (χ1) is 13.3. The van der Waals surface area contributed by atoms with Crippen LogP contribution in [0.2, 0.25) is 0 Å². The van der Waals surface area contributed by atoms with Gasteiger partial charge in [-0.3, -0.25) is 9.52 Å². The molecule has 28 heavy (non-hydrogen) atoms. The largest absolute Gasteiger partial charge is 0.306 e. The number of nitrogens with one attached hydrogen (secondary N) is 2. The van der Waals surface area contributed by atoms with Crippen molar-refractivity contribution >= 4 is 27.4 Å². The molecule has 0 spiro atoms. The average molecular weight is 395 g/mol. The molecule has 0 unspecified atom stereocenters. The first kappa shape index (κ1) is 19.6. The normalized spacial score (nSPS) is 11.1. The number of sulfonamides is 1. The molecule has 2 aromatic carbocycles. The topological polar surface area (TPSA) is 88.2 Å². The standard InChI is InChI=1S/C21H21N3O3S/c1-14-6-10-18(11-7-14)24-28(26,27)19-13-17(9-8-15(19)2)21(25)23-20-16(3)5-4-12-22-20/h4-13,24H,1-3H3,(H,22,23,25). The van der Waals surface area contributed by atoms with Crippen LogP contribution in [0.3, 0.4) is 0 Å². The third kappa shape index (κ3) is 4.37. The van der Waals surface area contributed by atoms with Gasteiger partial charge in [-0.25, -0.2) is 13.4 Å². The fourth-order valence-electron chi connectivity index (χ4n) is 2.66. The van der Waals surface area contributed by atoms with Gasteiger partial charge in [0.2, 0.25) is 0 Å². The van der Waals surface area contributed by atoms with Crippen molar-refractivity contribution in [3.8, 4) is 0 Å². The number of carbonyl (C=O) groups excluding carboxylic acids is 1. The Kier molecular flexibility index (Phi) is 5.46. The lowest BCUT2D eigenvalue weighted by Crippen LogP contribution is -2.17. The number of aryl methyl sites for hydroxylation is 3. The fraction of sp³-hybridized carbons (Fsp3) is 0.143. The van der Waals surface area contributed by atoms with Crippen LogP contribution in [0.15, 0.2) is 65.7 Å². The van der Waals surface area contributed by atoms with Gasteiger partial charge in [0.05, 0.1) is 4.90 Å².